The second-order valence-corrected chi connectivity index (χ2v) is 8.90. The van der Waals surface area contributed by atoms with Crippen molar-refractivity contribution in [3.8, 4) is 11.1 Å². The van der Waals surface area contributed by atoms with Crippen LogP contribution in [0.4, 0.5) is 21.6 Å². The van der Waals surface area contributed by atoms with Crippen LogP contribution in [0.5, 0.6) is 0 Å². The molecule has 3 aromatic carbocycles. The number of carbonyl (C=O) groups excluding carboxylic acids is 1. The molecule has 1 saturated heterocycles. The fraction of sp³-hybridized carbons (Fsp3) is 0.172. The molecule has 1 fully saturated rings. The van der Waals surface area contributed by atoms with Crippen molar-refractivity contribution >= 4 is 34.0 Å². The van der Waals surface area contributed by atoms with E-state index in [0.29, 0.717) is 11.3 Å². The first kappa shape index (κ1) is 24.9. The van der Waals surface area contributed by atoms with Crippen LogP contribution in [0.25, 0.3) is 22.0 Å². The highest BCUT2D eigenvalue weighted by Gasteiger charge is 2.21. The van der Waals surface area contributed by atoms with Crippen molar-refractivity contribution < 1.29 is 9.18 Å². The van der Waals surface area contributed by atoms with Crippen LogP contribution in [0.1, 0.15) is 17.8 Å². The molecule has 0 saturated carbocycles. The largest absolute Gasteiger partial charge is 0.368 e. The summed E-state index contributed by atoms with van der Waals surface area (Å²) in [4.78, 5) is 26.2. The van der Waals surface area contributed by atoms with Gasteiger partial charge in [0.25, 0.3) is 5.91 Å². The van der Waals surface area contributed by atoms with Crippen molar-refractivity contribution in [1.29, 1.82) is 0 Å². The third-order valence-electron chi connectivity index (χ3n) is 6.60. The first-order chi connectivity index (χ1) is 18.1. The minimum atomic E-state index is -0.369. The van der Waals surface area contributed by atoms with Crippen LogP contribution in [0.2, 0.25) is 0 Å². The number of rotatable bonds is 5. The molecule has 38 heavy (non-hydrogen) atoms. The summed E-state index contributed by atoms with van der Waals surface area (Å²) in [5, 5.41) is 10.8. The Labute approximate surface area is 220 Å². The molecule has 5 aromatic rings. The van der Waals surface area contributed by atoms with Gasteiger partial charge in [0.05, 0.1) is 11.7 Å². The second-order valence-electron chi connectivity index (χ2n) is 8.90. The van der Waals surface area contributed by atoms with Crippen LogP contribution in [-0.2, 0) is 0 Å². The van der Waals surface area contributed by atoms with Crippen LogP contribution in [0.15, 0.2) is 85.5 Å². The minimum absolute atomic E-state index is 0. The zero-order valence-electron chi connectivity index (χ0n) is 19.9. The van der Waals surface area contributed by atoms with Gasteiger partial charge in [-0.25, -0.2) is 14.4 Å². The number of nitrogens with one attached hydrogen (secondary N) is 2. The quantitative estimate of drug-likeness (QED) is 0.331. The summed E-state index contributed by atoms with van der Waals surface area (Å²) in [5.74, 6) is 0.286. The summed E-state index contributed by atoms with van der Waals surface area (Å²) >= 11 is 0. The number of H-pyrrole nitrogens is 1. The molecule has 0 spiro atoms. The number of hydrogen-bond donors (Lipinski definition) is 2. The van der Waals surface area contributed by atoms with Crippen molar-refractivity contribution in [2.75, 3.05) is 41.3 Å². The molecule has 192 valence electrons. The van der Waals surface area contributed by atoms with E-state index in [4.69, 9.17) is 0 Å². The number of aromatic nitrogens is 4. The van der Waals surface area contributed by atoms with Crippen molar-refractivity contribution in [1.82, 2.24) is 20.2 Å². The molecule has 1 amide bonds. The molecule has 1 aliphatic rings. The molecule has 0 unspecified atom stereocenters. The lowest BCUT2D eigenvalue weighted by Crippen LogP contribution is -2.47. The van der Waals surface area contributed by atoms with E-state index in [1.54, 1.807) is 12.5 Å². The molecular formula is C29H28FN7O. The van der Waals surface area contributed by atoms with Crippen molar-refractivity contribution in [3.05, 3.63) is 96.8 Å². The maximum absolute atomic E-state index is 13.2. The molecule has 0 bridgehead atoms. The van der Waals surface area contributed by atoms with E-state index in [-0.39, 0.29) is 19.2 Å². The Balaban J connectivity index is 0.00000294. The number of nitrogens with zero attached hydrogens (tertiary/aromatic N) is 5. The molecule has 1 aliphatic heterocycles. The fourth-order valence-corrected chi connectivity index (χ4v) is 4.64. The van der Waals surface area contributed by atoms with Gasteiger partial charge in [-0.15, -0.1) is 0 Å². The van der Waals surface area contributed by atoms with Gasteiger partial charge in [0.15, 0.2) is 0 Å². The summed E-state index contributed by atoms with van der Waals surface area (Å²) in [5.41, 5.74) is 5.13. The van der Waals surface area contributed by atoms with Crippen LogP contribution >= 0.6 is 0 Å². The minimum Gasteiger partial charge on any atom is -0.368 e. The van der Waals surface area contributed by atoms with E-state index < -0.39 is 0 Å². The van der Waals surface area contributed by atoms with Crippen LogP contribution < -0.4 is 15.1 Å². The Morgan fingerprint density at radius 3 is 2.45 bits per heavy atom. The molecule has 0 radical (unpaired) electrons. The van der Waals surface area contributed by atoms with Crippen molar-refractivity contribution in [3.63, 3.8) is 0 Å². The van der Waals surface area contributed by atoms with E-state index in [0.717, 1.165) is 59.7 Å². The summed E-state index contributed by atoms with van der Waals surface area (Å²) in [7, 11) is 0. The number of aromatic amines is 1. The zero-order chi connectivity index (χ0) is 25.2. The van der Waals surface area contributed by atoms with Crippen molar-refractivity contribution in [2.24, 2.45) is 0 Å². The number of hydrogen-bond acceptors (Lipinski definition) is 6. The highest BCUT2D eigenvalue weighted by molar-refractivity contribution is 6.04. The Morgan fingerprint density at radius 1 is 0.895 bits per heavy atom. The molecule has 0 aliphatic carbocycles. The van der Waals surface area contributed by atoms with E-state index >= 15 is 0 Å². The molecule has 9 heteroatoms. The number of anilines is 3. The second kappa shape index (κ2) is 10.7. The van der Waals surface area contributed by atoms with Gasteiger partial charge in [-0.05, 0) is 60.2 Å². The molecule has 6 rings (SSSR count). The lowest BCUT2D eigenvalue weighted by Gasteiger charge is -2.37. The van der Waals surface area contributed by atoms with Gasteiger partial charge in [0, 0.05) is 60.3 Å². The third kappa shape index (κ3) is 5.04. The number of fused-ring (bicyclic) bond motifs is 1. The predicted molar refractivity (Wildman–Crippen MR) is 149 cm³/mol. The number of piperazine rings is 1. The van der Waals surface area contributed by atoms with Crippen LogP contribution in [0, 0.1) is 5.82 Å². The van der Waals surface area contributed by atoms with Crippen LogP contribution in [-0.4, -0.2) is 52.3 Å². The Bertz CT molecular complexity index is 1550. The van der Waals surface area contributed by atoms with Gasteiger partial charge in [0.1, 0.15) is 18.0 Å². The molecule has 3 heterocycles. The molecule has 2 N–H and O–H groups in total. The summed E-state index contributed by atoms with van der Waals surface area (Å²) < 4.78 is 13.2. The van der Waals surface area contributed by atoms with Crippen molar-refractivity contribution in [2.45, 2.75) is 7.43 Å². The fourth-order valence-electron chi connectivity index (χ4n) is 4.64. The summed E-state index contributed by atoms with van der Waals surface area (Å²) in [6.45, 7) is 3.22. The first-order valence-electron chi connectivity index (χ1n) is 12.0. The van der Waals surface area contributed by atoms with Gasteiger partial charge in [-0.2, -0.15) is 5.10 Å². The Kier molecular flexibility index (Phi) is 6.99. The summed E-state index contributed by atoms with van der Waals surface area (Å²) in [6.07, 6.45) is 5.30. The maximum Gasteiger partial charge on any atom is 0.255 e. The average molecular weight is 510 g/mol. The number of benzene rings is 3. The molecule has 0 atom stereocenters. The van der Waals surface area contributed by atoms with Gasteiger partial charge < -0.3 is 15.1 Å². The highest BCUT2D eigenvalue weighted by Crippen LogP contribution is 2.30. The maximum atomic E-state index is 13.2. The van der Waals surface area contributed by atoms with Gasteiger partial charge in [-0.1, -0.05) is 19.6 Å². The van der Waals surface area contributed by atoms with Gasteiger partial charge >= 0.3 is 0 Å². The van der Waals surface area contributed by atoms with Crippen LogP contribution in [0.3, 0.4) is 0 Å². The normalized spacial score (nSPS) is 13.3. The SMILES string of the molecule is C.O=C(Nc1cccc(N2CCN(c3ncnc4ccc(-c5cn[nH]c5)cc34)CC2)c1)c1ccc(F)cc1. The standard InChI is InChI=1S/C28H24FN7O.CH4/c29-22-7-4-19(5-8-22)28(37)34-23-2-1-3-24(15-23)35-10-12-36(13-11-35)27-25-14-20(21-16-32-33-17-21)6-9-26(25)30-18-31-27;/h1-9,14-18H,10-13H2,(H,32,33)(H,34,37);1H4. The third-order valence-corrected chi connectivity index (χ3v) is 6.60. The van der Waals surface area contributed by atoms with E-state index in [9.17, 15) is 9.18 Å². The number of halogens is 1. The molecular weight excluding hydrogens is 481 g/mol. The van der Waals surface area contributed by atoms with Gasteiger partial charge in [-0.3, -0.25) is 9.89 Å². The molecule has 2 aromatic heterocycles. The smallest absolute Gasteiger partial charge is 0.255 e. The Hall–Kier alpha value is -4.79. The number of amides is 1. The topological polar surface area (TPSA) is 90.0 Å². The predicted octanol–water partition coefficient (Wildman–Crippen LogP) is 5.37. The lowest BCUT2D eigenvalue weighted by molar-refractivity contribution is 0.102. The molecule has 8 nitrogen and oxygen atoms in total. The van der Waals surface area contributed by atoms with E-state index in [1.807, 2.05) is 42.6 Å². The lowest BCUT2D eigenvalue weighted by atomic mass is 10.1. The monoisotopic (exact) mass is 509 g/mol. The first-order valence-corrected chi connectivity index (χ1v) is 12.0. The Morgan fingerprint density at radius 2 is 1.68 bits per heavy atom. The summed E-state index contributed by atoms with van der Waals surface area (Å²) in [6, 6.07) is 19.5. The van der Waals surface area contributed by atoms with E-state index in [2.05, 4.69) is 41.3 Å². The highest BCUT2D eigenvalue weighted by atomic mass is 19.1. The average Bonchev–Trinajstić information content (AvgIpc) is 3.48. The number of carbonyl (C=O) groups is 1. The zero-order valence-corrected chi connectivity index (χ0v) is 19.9. The van der Waals surface area contributed by atoms with E-state index in [1.165, 1.54) is 24.3 Å². The van der Waals surface area contributed by atoms with Gasteiger partial charge in [0.2, 0.25) is 0 Å².